The fourth-order valence-electron chi connectivity index (χ4n) is 1.38. The third kappa shape index (κ3) is 2.60. The smallest absolute Gasteiger partial charge is 0.340 e. The van der Waals surface area contributed by atoms with Crippen LogP contribution in [0.3, 0.4) is 0 Å². The van der Waals surface area contributed by atoms with Crippen molar-refractivity contribution < 1.29 is 14.5 Å². The monoisotopic (exact) mass is 236 g/mol. The molecule has 17 heavy (non-hydrogen) atoms. The minimum atomic E-state index is -0.697. The molecule has 0 aliphatic heterocycles. The molecule has 0 bridgehead atoms. The number of benzene rings is 1. The predicted octanol–water partition coefficient (Wildman–Crippen LogP) is 2.00. The number of anilines is 1. The van der Waals surface area contributed by atoms with Crippen molar-refractivity contribution in [2.24, 2.45) is 0 Å². The number of nitro benzene ring substituents is 1. The number of nitrogen functional groups attached to an aromatic ring is 1. The van der Waals surface area contributed by atoms with E-state index in [0.717, 1.165) is 0 Å². The van der Waals surface area contributed by atoms with Gasteiger partial charge in [-0.15, -0.1) is 0 Å². The maximum atomic E-state index is 11.4. The van der Waals surface area contributed by atoms with Gasteiger partial charge in [-0.3, -0.25) is 10.1 Å². The first-order chi connectivity index (χ1) is 8.01. The number of ether oxygens (including phenoxy) is 1. The van der Waals surface area contributed by atoms with E-state index in [2.05, 4.69) is 4.74 Å². The number of rotatable bonds is 3. The zero-order chi connectivity index (χ0) is 13.0. The molecule has 2 N–H and O–H groups in total. The van der Waals surface area contributed by atoms with E-state index < -0.39 is 10.9 Å². The molecule has 0 aliphatic rings. The average Bonchev–Trinajstić information content (AvgIpc) is 2.30. The van der Waals surface area contributed by atoms with Crippen LogP contribution < -0.4 is 5.73 Å². The van der Waals surface area contributed by atoms with Gasteiger partial charge in [-0.05, 0) is 18.6 Å². The van der Waals surface area contributed by atoms with Gasteiger partial charge in [0.05, 0.1) is 17.6 Å². The Labute approximate surface area is 97.8 Å². The number of nitro groups is 1. The average molecular weight is 236 g/mol. The number of methoxy groups -OCH3 is 1. The van der Waals surface area contributed by atoms with Crippen molar-refractivity contribution in [3.05, 3.63) is 39.4 Å². The number of hydrogen-bond acceptors (Lipinski definition) is 5. The normalized spacial score (nSPS) is 10.5. The van der Waals surface area contributed by atoms with Gasteiger partial charge in [-0.1, -0.05) is 12.2 Å². The summed E-state index contributed by atoms with van der Waals surface area (Å²) in [5.74, 6) is -0.697. The molecular weight excluding hydrogens is 224 g/mol. The SMILES string of the molecule is C/C=C\c1cc(C(=O)OC)c(N)c([N+](=O)[O-])c1. The quantitative estimate of drug-likeness (QED) is 0.374. The van der Waals surface area contributed by atoms with Crippen LogP contribution in [-0.2, 0) is 4.74 Å². The van der Waals surface area contributed by atoms with Crippen molar-refractivity contribution >= 4 is 23.4 Å². The number of nitrogens with two attached hydrogens (primary N) is 1. The molecule has 6 heteroatoms. The molecule has 0 amide bonds. The topological polar surface area (TPSA) is 95.5 Å². The molecular formula is C11H12N2O4. The zero-order valence-electron chi connectivity index (χ0n) is 9.47. The lowest BCUT2D eigenvalue weighted by Crippen LogP contribution is -2.08. The second kappa shape index (κ2) is 5.11. The molecule has 0 spiro atoms. The van der Waals surface area contributed by atoms with Gasteiger partial charge in [0.1, 0.15) is 5.69 Å². The minimum absolute atomic E-state index is 0.00481. The Morgan fingerprint density at radius 2 is 2.18 bits per heavy atom. The van der Waals surface area contributed by atoms with E-state index in [1.165, 1.54) is 19.2 Å². The maximum Gasteiger partial charge on any atom is 0.340 e. The molecule has 6 nitrogen and oxygen atoms in total. The summed E-state index contributed by atoms with van der Waals surface area (Å²) < 4.78 is 4.52. The molecule has 1 aromatic rings. The Hall–Kier alpha value is -2.37. The second-order valence-electron chi connectivity index (χ2n) is 3.25. The van der Waals surface area contributed by atoms with Crippen molar-refractivity contribution in [3.8, 4) is 0 Å². The Morgan fingerprint density at radius 3 is 2.65 bits per heavy atom. The largest absolute Gasteiger partial charge is 0.465 e. The van der Waals surface area contributed by atoms with Crippen LogP contribution in [0.2, 0.25) is 0 Å². The molecule has 0 saturated heterocycles. The van der Waals surface area contributed by atoms with E-state index >= 15 is 0 Å². The van der Waals surface area contributed by atoms with Crippen molar-refractivity contribution in [1.29, 1.82) is 0 Å². The van der Waals surface area contributed by atoms with Crippen LogP contribution in [0.1, 0.15) is 22.8 Å². The third-order valence-electron chi connectivity index (χ3n) is 2.14. The lowest BCUT2D eigenvalue weighted by Gasteiger charge is -2.06. The van der Waals surface area contributed by atoms with Gasteiger partial charge in [0.15, 0.2) is 0 Å². The number of esters is 1. The summed E-state index contributed by atoms with van der Waals surface area (Å²) in [5.41, 5.74) is 5.59. The molecule has 1 rings (SSSR count). The Balaban J connectivity index is 3.48. The molecule has 1 aromatic carbocycles. The number of hydrogen-bond donors (Lipinski definition) is 1. The fraction of sp³-hybridized carbons (Fsp3) is 0.182. The number of nitrogens with zero attached hydrogens (tertiary/aromatic N) is 1. The van der Waals surface area contributed by atoms with E-state index in [1.807, 2.05) is 0 Å². The minimum Gasteiger partial charge on any atom is -0.465 e. The first-order valence-electron chi connectivity index (χ1n) is 4.80. The number of allylic oxidation sites excluding steroid dienone is 1. The van der Waals surface area contributed by atoms with Gasteiger partial charge in [-0.25, -0.2) is 4.79 Å². The molecule has 0 aliphatic carbocycles. The van der Waals surface area contributed by atoms with Crippen LogP contribution in [-0.4, -0.2) is 18.0 Å². The van der Waals surface area contributed by atoms with Crippen LogP contribution in [0, 0.1) is 10.1 Å². The van der Waals surface area contributed by atoms with Crippen LogP contribution >= 0.6 is 0 Å². The highest BCUT2D eigenvalue weighted by Gasteiger charge is 2.21. The lowest BCUT2D eigenvalue weighted by molar-refractivity contribution is -0.383. The summed E-state index contributed by atoms with van der Waals surface area (Å²) in [6.45, 7) is 1.76. The molecule has 0 saturated carbocycles. The van der Waals surface area contributed by atoms with E-state index in [9.17, 15) is 14.9 Å². The summed E-state index contributed by atoms with van der Waals surface area (Å²) in [6.07, 6.45) is 3.34. The van der Waals surface area contributed by atoms with Gasteiger partial charge in [0.25, 0.3) is 5.69 Å². The summed E-state index contributed by atoms with van der Waals surface area (Å²) in [7, 11) is 1.19. The van der Waals surface area contributed by atoms with Crippen molar-refractivity contribution in [2.45, 2.75) is 6.92 Å². The van der Waals surface area contributed by atoms with Gasteiger partial charge < -0.3 is 10.5 Å². The van der Waals surface area contributed by atoms with Gasteiger partial charge in [0.2, 0.25) is 0 Å². The lowest BCUT2D eigenvalue weighted by atomic mass is 10.1. The molecule has 0 fully saturated rings. The maximum absolute atomic E-state index is 11.4. The molecule has 90 valence electrons. The summed E-state index contributed by atoms with van der Waals surface area (Å²) in [4.78, 5) is 21.6. The molecule has 0 aromatic heterocycles. The summed E-state index contributed by atoms with van der Waals surface area (Å²) in [5, 5.41) is 10.8. The molecule has 0 unspecified atom stereocenters. The van der Waals surface area contributed by atoms with E-state index in [1.54, 1.807) is 19.1 Å². The van der Waals surface area contributed by atoms with Crippen molar-refractivity contribution in [1.82, 2.24) is 0 Å². The Bertz CT molecular complexity index is 494. The van der Waals surface area contributed by atoms with Crippen molar-refractivity contribution in [2.75, 3.05) is 12.8 Å². The zero-order valence-corrected chi connectivity index (χ0v) is 9.47. The molecule has 0 radical (unpaired) electrons. The van der Waals surface area contributed by atoms with E-state index in [4.69, 9.17) is 5.73 Å². The fourth-order valence-corrected chi connectivity index (χ4v) is 1.38. The third-order valence-corrected chi connectivity index (χ3v) is 2.14. The van der Waals surface area contributed by atoms with E-state index in [-0.39, 0.29) is 16.9 Å². The predicted molar refractivity (Wildman–Crippen MR) is 63.6 cm³/mol. The van der Waals surface area contributed by atoms with Crippen molar-refractivity contribution in [3.63, 3.8) is 0 Å². The highest BCUT2D eigenvalue weighted by Crippen LogP contribution is 2.28. The van der Waals surface area contributed by atoms with Crippen LogP contribution in [0.15, 0.2) is 18.2 Å². The van der Waals surface area contributed by atoms with Crippen LogP contribution in [0.5, 0.6) is 0 Å². The Kier molecular flexibility index (Phi) is 3.82. The first-order valence-corrected chi connectivity index (χ1v) is 4.80. The molecule has 0 atom stereocenters. The highest BCUT2D eigenvalue weighted by atomic mass is 16.6. The van der Waals surface area contributed by atoms with Gasteiger partial charge in [-0.2, -0.15) is 0 Å². The number of carbonyl (C=O) groups excluding carboxylic acids is 1. The van der Waals surface area contributed by atoms with E-state index in [0.29, 0.717) is 5.56 Å². The Morgan fingerprint density at radius 1 is 1.53 bits per heavy atom. The van der Waals surface area contributed by atoms with Crippen LogP contribution in [0.4, 0.5) is 11.4 Å². The standard InChI is InChI=1S/C11H12N2O4/c1-3-4-7-5-8(11(14)17-2)10(12)9(6-7)13(15)16/h3-6H,12H2,1-2H3/b4-3-. The first kappa shape index (κ1) is 12.7. The van der Waals surface area contributed by atoms with Gasteiger partial charge >= 0.3 is 5.97 Å². The second-order valence-corrected chi connectivity index (χ2v) is 3.25. The number of carbonyl (C=O) groups is 1. The summed E-state index contributed by atoms with van der Waals surface area (Å²) in [6, 6.07) is 2.76. The molecule has 0 heterocycles. The van der Waals surface area contributed by atoms with Crippen LogP contribution in [0.25, 0.3) is 6.08 Å². The summed E-state index contributed by atoms with van der Waals surface area (Å²) >= 11 is 0. The van der Waals surface area contributed by atoms with Gasteiger partial charge in [0, 0.05) is 6.07 Å². The highest BCUT2D eigenvalue weighted by molar-refractivity contribution is 5.98.